The van der Waals surface area contributed by atoms with Gasteiger partial charge in [-0.2, -0.15) is 0 Å². The molecule has 22 heavy (non-hydrogen) atoms. The van der Waals surface area contributed by atoms with Crippen LogP contribution < -0.4 is 0 Å². The fraction of sp³-hybridized carbons (Fsp3) is 0.500. The maximum atomic E-state index is 12.7. The number of rotatable bonds is 4. The number of benzene rings is 1. The van der Waals surface area contributed by atoms with Crippen molar-refractivity contribution in [3.63, 3.8) is 0 Å². The third-order valence-corrected chi connectivity index (χ3v) is 4.39. The molecular formula is C16H20ClNO4. The zero-order valence-electron chi connectivity index (χ0n) is 12.8. The molecule has 0 radical (unpaired) electrons. The Morgan fingerprint density at radius 2 is 2.18 bits per heavy atom. The van der Waals surface area contributed by atoms with Crippen LogP contribution in [0.15, 0.2) is 18.2 Å². The standard InChI is InChI=1S/C16H20ClNO4/c1-11-8-12(17)4-5-13(11)14(19)18-7-3-6-16(9-18,10-22-2)15(20)21/h4-5,8H,3,6-7,9-10H2,1-2H3,(H,20,21). The molecule has 6 heteroatoms. The van der Waals surface area contributed by atoms with E-state index in [-0.39, 0.29) is 19.1 Å². The van der Waals surface area contributed by atoms with E-state index in [4.69, 9.17) is 16.3 Å². The van der Waals surface area contributed by atoms with E-state index in [0.717, 1.165) is 5.56 Å². The second-order valence-corrected chi connectivity index (χ2v) is 6.24. The molecule has 0 bridgehead atoms. The predicted molar refractivity (Wildman–Crippen MR) is 83.3 cm³/mol. The maximum Gasteiger partial charge on any atom is 0.313 e. The molecule has 1 atom stereocenters. The number of aliphatic carboxylic acids is 1. The first-order chi connectivity index (χ1) is 10.4. The molecular weight excluding hydrogens is 306 g/mol. The number of nitrogens with zero attached hydrogens (tertiary/aromatic N) is 1. The van der Waals surface area contributed by atoms with E-state index in [2.05, 4.69) is 0 Å². The number of piperidine rings is 1. The summed E-state index contributed by atoms with van der Waals surface area (Å²) in [7, 11) is 1.48. The monoisotopic (exact) mass is 325 g/mol. The van der Waals surface area contributed by atoms with Crippen LogP contribution in [0.25, 0.3) is 0 Å². The lowest BCUT2D eigenvalue weighted by atomic mass is 9.80. The highest BCUT2D eigenvalue weighted by Crippen LogP contribution is 2.32. The van der Waals surface area contributed by atoms with Gasteiger partial charge in [0, 0.05) is 30.8 Å². The number of carboxylic acids is 1. The van der Waals surface area contributed by atoms with Crippen LogP contribution in [0.3, 0.4) is 0 Å². The number of halogens is 1. The molecule has 0 aromatic heterocycles. The zero-order valence-corrected chi connectivity index (χ0v) is 13.5. The molecule has 1 aromatic rings. The number of ether oxygens (including phenoxy) is 1. The van der Waals surface area contributed by atoms with Crippen LogP contribution in [-0.4, -0.2) is 48.7 Å². The fourth-order valence-corrected chi connectivity index (χ4v) is 3.20. The Morgan fingerprint density at radius 1 is 1.45 bits per heavy atom. The highest BCUT2D eigenvalue weighted by Gasteiger charge is 2.44. The predicted octanol–water partition coefficient (Wildman–Crippen LogP) is 2.60. The second kappa shape index (κ2) is 6.67. The first-order valence-corrected chi connectivity index (χ1v) is 7.55. The minimum Gasteiger partial charge on any atom is -0.481 e. The van der Waals surface area contributed by atoms with Crippen molar-refractivity contribution in [3.05, 3.63) is 34.3 Å². The molecule has 1 fully saturated rings. The van der Waals surface area contributed by atoms with E-state index >= 15 is 0 Å². The molecule has 1 aromatic carbocycles. The van der Waals surface area contributed by atoms with Crippen molar-refractivity contribution in [1.82, 2.24) is 4.90 Å². The minimum absolute atomic E-state index is 0.103. The van der Waals surface area contributed by atoms with Gasteiger partial charge in [0.2, 0.25) is 0 Å². The van der Waals surface area contributed by atoms with Crippen LogP contribution in [0, 0.1) is 12.3 Å². The molecule has 2 rings (SSSR count). The van der Waals surface area contributed by atoms with Crippen molar-refractivity contribution in [2.45, 2.75) is 19.8 Å². The summed E-state index contributed by atoms with van der Waals surface area (Å²) in [5, 5.41) is 10.1. The Kier molecular flexibility index (Phi) is 5.08. The van der Waals surface area contributed by atoms with E-state index in [0.29, 0.717) is 30.0 Å². The van der Waals surface area contributed by atoms with Crippen LogP contribution in [0.4, 0.5) is 0 Å². The molecule has 1 aliphatic heterocycles. The van der Waals surface area contributed by atoms with Crippen molar-refractivity contribution in [3.8, 4) is 0 Å². The van der Waals surface area contributed by atoms with Crippen molar-refractivity contribution < 1.29 is 19.4 Å². The number of likely N-dealkylation sites (tertiary alicyclic amines) is 1. The van der Waals surface area contributed by atoms with Crippen LogP contribution in [-0.2, 0) is 9.53 Å². The van der Waals surface area contributed by atoms with Crippen molar-refractivity contribution in [1.29, 1.82) is 0 Å². The van der Waals surface area contributed by atoms with Gasteiger partial charge in [-0.1, -0.05) is 11.6 Å². The number of amides is 1. The first kappa shape index (κ1) is 16.8. The molecule has 120 valence electrons. The van der Waals surface area contributed by atoms with Crippen molar-refractivity contribution in [2.75, 3.05) is 26.8 Å². The highest BCUT2D eigenvalue weighted by molar-refractivity contribution is 6.30. The van der Waals surface area contributed by atoms with Gasteiger partial charge in [0.1, 0.15) is 5.41 Å². The van der Waals surface area contributed by atoms with Gasteiger partial charge in [0.05, 0.1) is 6.61 Å². The molecule has 0 saturated carbocycles. The van der Waals surface area contributed by atoms with Crippen molar-refractivity contribution >= 4 is 23.5 Å². The quantitative estimate of drug-likeness (QED) is 0.924. The smallest absolute Gasteiger partial charge is 0.313 e. The van der Waals surface area contributed by atoms with E-state index in [9.17, 15) is 14.7 Å². The van der Waals surface area contributed by atoms with Gasteiger partial charge in [-0.15, -0.1) is 0 Å². The number of methoxy groups -OCH3 is 1. The Labute approximate surface area is 134 Å². The fourth-order valence-electron chi connectivity index (χ4n) is 2.97. The number of carbonyl (C=O) groups is 2. The van der Waals surface area contributed by atoms with Gasteiger partial charge in [-0.25, -0.2) is 0 Å². The Bertz CT molecular complexity index is 586. The number of carbonyl (C=O) groups excluding carboxylic acids is 1. The van der Waals surface area contributed by atoms with E-state index in [1.54, 1.807) is 23.1 Å². The third kappa shape index (κ3) is 3.25. The summed E-state index contributed by atoms with van der Waals surface area (Å²) in [4.78, 5) is 25.9. The molecule has 0 aliphatic carbocycles. The summed E-state index contributed by atoms with van der Waals surface area (Å²) in [6.07, 6.45) is 1.16. The lowest BCUT2D eigenvalue weighted by Gasteiger charge is -2.39. The van der Waals surface area contributed by atoms with E-state index in [1.165, 1.54) is 7.11 Å². The average molecular weight is 326 g/mol. The van der Waals surface area contributed by atoms with E-state index < -0.39 is 11.4 Å². The van der Waals surface area contributed by atoms with Crippen LogP contribution in [0.5, 0.6) is 0 Å². The maximum absolute atomic E-state index is 12.7. The molecule has 1 unspecified atom stereocenters. The van der Waals surface area contributed by atoms with Gasteiger partial charge in [-0.05, 0) is 43.5 Å². The summed E-state index contributed by atoms with van der Waals surface area (Å²) in [6.45, 7) is 2.64. The lowest BCUT2D eigenvalue weighted by molar-refractivity contribution is -0.155. The Hall–Kier alpha value is -1.59. The van der Waals surface area contributed by atoms with Gasteiger partial charge >= 0.3 is 5.97 Å². The summed E-state index contributed by atoms with van der Waals surface area (Å²) in [5.41, 5.74) is 0.321. The normalized spacial score (nSPS) is 21.7. The van der Waals surface area contributed by atoms with Gasteiger partial charge in [0.25, 0.3) is 5.91 Å². The number of carboxylic acid groups (broad SMARTS) is 1. The SMILES string of the molecule is COCC1(C(=O)O)CCCN(C(=O)c2ccc(Cl)cc2C)C1. The second-order valence-electron chi connectivity index (χ2n) is 5.81. The van der Waals surface area contributed by atoms with Gasteiger partial charge in [0.15, 0.2) is 0 Å². The summed E-state index contributed by atoms with van der Waals surface area (Å²) < 4.78 is 5.08. The first-order valence-electron chi connectivity index (χ1n) is 7.17. The average Bonchev–Trinajstić information content (AvgIpc) is 2.47. The summed E-state index contributed by atoms with van der Waals surface area (Å²) in [6, 6.07) is 5.09. The number of hydrogen-bond donors (Lipinski definition) is 1. The lowest BCUT2D eigenvalue weighted by Crippen LogP contribution is -2.52. The molecule has 1 heterocycles. The Balaban J connectivity index is 2.24. The highest BCUT2D eigenvalue weighted by atomic mass is 35.5. The molecule has 1 N–H and O–H groups in total. The van der Waals surface area contributed by atoms with Crippen molar-refractivity contribution in [2.24, 2.45) is 5.41 Å². The Morgan fingerprint density at radius 3 is 2.77 bits per heavy atom. The summed E-state index contributed by atoms with van der Waals surface area (Å²) in [5.74, 6) is -1.07. The van der Waals surface area contributed by atoms with Crippen LogP contribution in [0.2, 0.25) is 5.02 Å². The van der Waals surface area contributed by atoms with Crippen LogP contribution in [0.1, 0.15) is 28.8 Å². The van der Waals surface area contributed by atoms with Gasteiger partial charge in [-0.3, -0.25) is 9.59 Å². The third-order valence-electron chi connectivity index (χ3n) is 4.16. The zero-order chi connectivity index (χ0) is 16.3. The topological polar surface area (TPSA) is 66.8 Å². The number of hydrogen-bond acceptors (Lipinski definition) is 3. The molecule has 1 saturated heterocycles. The number of aryl methyl sites for hydroxylation is 1. The molecule has 1 amide bonds. The molecule has 1 aliphatic rings. The largest absolute Gasteiger partial charge is 0.481 e. The molecule has 5 nitrogen and oxygen atoms in total. The summed E-state index contributed by atoms with van der Waals surface area (Å²) >= 11 is 5.92. The van der Waals surface area contributed by atoms with Gasteiger partial charge < -0.3 is 14.7 Å². The molecule has 0 spiro atoms. The van der Waals surface area contributed by atoms with E-state index in [1.807, 2.05) is 6.92 Å². The van der Waals surface area contributed by atoms with Crippen LogP contribution >= 0.6 is 11.6 Å². The minimum atomic E-state index is -1.02.